The van der Waals surface area contributed by atoms with E-state index in [2.05, 4.69) is 139 Å². The molecule has 4 heteroatoms. The van der Waals surface area contributed by atoms with Crippen LogP contribution in [0.25, 0.3) is 56.0 Å². The van der Waals surface area contributed by atoms with E-state index in [1.54, 1.807) is 0 Å². The van der Waals surface area contributed by atoms with Crippen molar-refractivity contribution in [2.24, 2.45) is 5.92 Å². The molecule has 2 heterocycles. The van der Waals surface area contributed by atoms with Crippen LogP contribution in [0.2, 0.25) is 0 Å². The van der Waals surface area contributed by atoms with E-state index >= 15 is 0 Å². The third-order valence-corrected chi connectivity index (χ3v) is 10.1. The molecule has 0 bridgehead atoms. The highest BCUT2D eigenvalue weighted by molar-refractivity contribution is 6.07. The van der Waals surface area contributed by atoms with Gasteiger partial charge < -0.3 is 4.98 Å². The fraction of sp³-hybridized carbons (Fsp3) is 0.143. The van der Waals surface area contributed by atoms with E-state index in [1.807, 2.05) is 18.2 Å². The zero-order valence-corrected chi connectivity index (χ0v) is 26.0. The molecule has 0 spiro atoms. The Balaban J connectivity index is 1.24. The molecule has 5 aromatic carbocycles. The number of aromatic nitrogens is 4. The summed E-state index contributed by atoms with van der Waals surface area (Å²) >= 11 is 0. The van der Waals surface area contributed by atoms with Crippen LogP contribution >= 0.6 is 0 Å². The first-order chi connectivity index (χ1) is 22.6. The predicted molar refractivity (Wildman–Crippen MR) is 188 cm³/mol. The monoisotopic (exact) mass is 594 g/mol. The van der Waals surface area contributed by atoms with Gasteiger partial charge in [0.1, 0.15) is 0 Å². The summed E-state index contributed by atoms with van der Waals surface area (Å²) in [5.41, 5.74) is 13.7. The third kappa shape index (κ3) is 4.06. The zero-order chi connectivity index (χ0) is 30.8. The molecule has 2 atom stereocenters. The molecular formula is C42H34N4. The van der Waals surface area contributed by atoms with Crippen LogP contribution in [0.3, 0.4) is 0 Å². The van der Waals surface area contributed by atoms with E-state index < -0.39 is 0 Å². The number of hydrogen-bond donors (Lipinski definition) is 1. The molecule has 2 aromatic heterocycles. The summed E-state index contributed by atoms with van der Waals surface area (Å²) in [7, 11) is 0. The van der Waals surface area contributed by atoms with Crippen molar-refractivity contribution < 1.29 is 0 Å². The molecule has 0 saturated heterocycles. The lowest BCUT2D eigenvalue weighted by atomic mass is 9.73. The molecule has 9 rings (SSSR count). The SMILES string of the molecule is CC1Cc2c([nH]c3ccc(-c4ccccc4)cc23)C2=C1c1ccccc1C2(C)Cn1nc(-c2ccccc2)nc1-c1ccccc1. The summed E-state index contributed by atoms with van der Waals surface area (Å²) in [5, 5.41) is 6.54. The quantitative estimate of drug-likeness (QED) is 0.216. The average molecular weight is 595 g/mol. The van der Waals surface area contributed by atoms with E-state index in [-0.39, 0.29) is 5.41 Å². The molecule has 2 aliphatic carbocycles. The first-order valence-electron chi connectivity index (χ1n) is 16.2. The van der Waals surface area contributed by atoms with E-state index in [0.717, 1.165) is 29.2 Å². The normalized spacial score (nSPS) is 18.4. The molecule has 7 aromatic rings. The highest BCUT2D eigenvalue weighted by atomic mass is 15.4. The maximum absolute atomic E-state index is 5.21. The molecule has 0 saturated carbocycles. The number of aromatic amines is 1. The fourth-order valence-electron chi connectivity index (χ4n) is 8.01. The molecule has 0 amide bonds. The smallest absolute Gasteiger partial charge is 0.181 e. The number of allylic oxidation sites excluding steroid dienone is 2. The molecule has 0 radical (unpaired) electrons. The Morgan fingerprint density at radius 2 is 1.39 bits per heavy atom. The number of rotatable bonds is 5. The Bertz CT molecular complexity index is 2280. The number of nitrogens with one attached hydrogen (secondary N) is 1. The first-order valence-corrected chi connectivity index (χ1v) is 16.2. The summed E-state index contributed by atoms with van der Waals surface area (Å²) in [4.78, 5) is 9.08. The molecule has 2 aliphatic rings. The van der Waals surface area contributed by atoms with Gasteiger partial charge in [0.25, 0.3) is 0 Å². The summed E-state index contributed by atoms with van der Waals surface area (Å²) in [6.07, 6.45) is 1.01. The molecular weight excluding hydrogens is 560 g/mol. The highest BCUT2D eigenvalue weighted by Crippen LogP contribution is 2.58. The minimum atomic E-state index is -0.330. The average Bonchev–Trinajstić information content (AvgIpc) is 3.77. The maximum atomic E-state index is 5.21. The van der Waals surface area contributed by atoms with Crippen molar-refractivity contribution >= 4 is 22.0 Å². The van der Waals surface area contributed by atoms with Gasteiger partial charge in [0.05, 0.1) is 6.54 Å². The van der Waals surface area contributed by atoms with Gasteiger partial charge in [-0.1, -0.05) is 128 Å². The van der Waals surface area contributed by atoms with Crippen LogP contribution in [0, 0.1) is 5.92 Å². The van der Waals surface area contributed by atoms with Crippen LogP contribution in [0.15, 0.2) is 133 Å². The molecule has 46 heavy (non-hydrogen) atoms. The van der Waals surface area contributed by atoms with Crippen molar-refractivity contribution in [3.63, 3.8) is 0 Å². The lowest BCUT2D eigenvalue weighted by molar-refractivity contribution is 0.470. The summed E-state index contributed by atoms with van der Waals surface area (Å²) in [6, 6.07) is 47.4. The summed E-state index contributed by atoms with van der Waals surface area (Å²) < 4.78 is 2.15. The van der Waals surface area contributed by atoms with Crippen molar-refractivity contribution in [1.29, 1.82) is 0 Å². The molecule has 2 unspecified atom stereocenters. The summed E-state index contributed by atoms with van der Waals surface area (Å²) in [5.74, 6) is 2.02. The van der Waals surface area contributed by atoms with Gasteiger partial charge in [-0.05, 0) is 70.4 Å². The largest absolute Gasteiger partial charge is 0.355 e. The van der Waals surface area contributed by atoms with Crippen LogP contribution in [-0.2, 0) is 18.4 Å². The second kappa shape index (κ2) is 10.3. The van der Waals surface area contributed by atoms with Gasteiger partial charge in [-0.2, -0.15) is 5.10 Å². The van der Waals surface area contributed by atoms with Gasteiger partial charge in [-0.3, -0.25) is 0 Å². The molecule has 222 valence electrons. The van der Waals surface area contributed by atoms with Crippen LogP contribution in [0.5, 0.6) is 0 Å². The number of benzene rings is 5. The van der Waals surface area contributed by atoms with Crippen LogP contribution in [0.4, 0.5) is 0 Å². The number of nitrogens with zero attached hydrogens (tertiary/aromatic N) is 3. The Kier molecular flexibility index (Phi) is 6.01. The van der Waals surface area contributed by atoms with Gasteiger partial charge >= 0.3 is 0 Å². The zero-order valence-electron chi connectivity index (χ0n) is 26.0. The lowest BCUT2D eigenvalue weighted by Gasteiger charge is -2.33. The van der Waals surface area contributed by atoms with Crippen molar-refractivity contribution in [2.75, 3.05) is 0 Å². The van der Waals surface area contributed by atoms with Gasteiger partial charge in [0, 0.05) is 33.1 Å². The number of fused-ring (bicyclic) bond motifs is 6. The van der Waals surface area contributed by atoms with E-state index in [0.29, 0.717) is 12.5 Å². The second-order valence-corrected chi connectivity index (χ2v) is 13.0. The van der Waals surface area contributed by atoms with E-state index in [9.17, 15) is 0 Å². The van der Waals surface area contributed by atoms with E-state index in [4.69, 9.17) is 10.1 Å². The minimum Gasteiger partial charge on any atom is -0.355 e. The third-order valence-electron chi connectivity index (χ3n) is 10.1. The van der Waals surface area contributed by atoms with Crippen molar-refractivity contribution in [2.45, 2.75) is 32.2 Å². The molecule has 0 fully saturated rings. The molecule has 0 aliphatic heterocycles. The topological polar surface area (TPSA) is 46.5 Å². The van der Waals surface area contributed by atoms with E-state index in [1.165, 1.54) is 55.6 Å². The Morgan fingerprint density at radius 3 is 2.13 bits per heavy atom. The van der Waals surface area contributed by atoms with Gasteiger partial charge in [-0.15, -0.1) is 0 Å². The van der Waals surface area contributed by atoms with Crippen LogP contribution in [0.1, 0.15) is 36.2 Å². The van der Waals surface area contributed by atoms with Crippen molar-refractivity contribution in [3.8, 4) is 33.9 Å². The van der Waals surface area contributed by atoms with Crippen LogP contribution < -0.4 is 0 Å². The minimum absolute atomic E-state index is 0.330. The standard InChI is InChI=1S/C42H34N4/c1-27-24-34-33-25-31(28-14-6-3-7-15-28)22-23-36(33)43-39(34)38-37(27)32-20-12-13-21-35(32)42(38,2)26-46-41(30-18-10-5-11-19-30)44-40(45-46)29-16-8-4-9-17-29/h3-23,25,27,43H,24,26H2,1-2H3. The Labute approximate surface area is 269 Å². The van der Waals surface area contributed by atoms with Crippen molar-refractivity contribution in [1.82, 2.24) is 19.7 Å². The first kappa shape index (κ1) is 26.9. The van der Waals surface area contributed by atoms with Gasteiger partial charge in [-0.25, -0.2) is 9.67 Å². The molecule has 4 nitrogen and oxygen atoms in total. The lowest BCUT2D eigenvalue weighted by Crippen LogP contribution is -2.30. The fourth-order valence-corrected chi connectivity index (χ4v) is 8.01. The van der Waals surface area contributed by atoms with Crippen molar-refractivity contribution in [3.05, 3.63) is 156 Å². The Hall–Kier alpha value is -5.48. The summed E-state index contributed by atoms with van der Waals surface area (Å²) in [6.45, 7) is 5.48. The van der Waals surface area contributed by atoms with Crippen LogP contribution in [-0.4, -0.2) is 19.7 Å². The number of H-pyrrole nitrogens is 1. The highest BCUT2D eigenvalue weighted by Gasteiger charge is 2.47. The molecule has 1 N–H and O–H groups in total. The maximum Gasteiger partial charge on any atom is 0.181 e. The second-order valence-electron chi connectivity index (χ2n) is 13.0. The Morgan fingerprint density at radius 1 is 0.739 bits per heavy atom. The van der Waals surface area contributed by atoms with Gasteiger partial charge in [0.2, 0.25) is 0 Å². The van der Waals surface area contributed by atoms with Gasteiger partial charge in [0.15, 0.2) is 11.6 Å². The predicted octanol–water partition coefficient (Wildman–Crippen LogP) is 9.83. The number of hydrogen-bond acceptors (Lipinski definition) is 2.